The molecular weight excluding hydrogens is 465 g/mol. The second-order valence-corrected chi connectivity index (χ2v) is 7.52. The zero-order valence-corrected chi connectivity index (χ0v) is 18.3. The van der Waals surface area contributed by atoms with Gasteiger partial charge in [-0.3, -0.25) is 14.3 Å². The summed E-state index contributed by atoms with van der Waals surface area (Å²) in [7, 11) is 0. The lowest BCUT2D eigenvalue weighted by atomic mass is 10.2. The van der Waals surface area contributed by atoms with Crippen molar-refractivity contribution >= 4 is 11.6 Å². The van der Waals surface area contributed by atoms with Gasteiger partial charge in [0.15, 0.2) is 0 Å². The lowest BCUT2D eigenvalue weighted by molar-refractivity contribution is -0.274. The first-order chi connectivity index (χ1) is 16.6. The van der Waals surface area contributed by atoms with E-state index < -0.39 is 23.7 Å². The van der Waals surface area contributed by atoms with Crippen LogP contribution in [-0.4, -0.2) is 31.5 Å². The Kier molecular flexibility index (Phi) is 6.32. The summed E-state index contributed by atoms with van der Waals surface area (Å²) in [6.07, 6.45) is -3.41. The summed E-state index contributed by atoms with van der Waals surface area (Å²) in [5.74, 6) is -1.25. The summed E-state index contributed by atoms with van der Waals surface area (Å²) in [4.78, 5) is 29.7. The molecule has 0 unspecified atom stereocenters. The van der Waals surface area contributed by atoms with Gasteiger partial charge in [-0.05, 0) is 61.0 Å². The van der Waals surface area contributed by atoms with Gasteiger partial charge in [-0.1, -0.05) is 18.2 Å². The Balaban J connectivity index is 1.58. The van der Waals surface area contributed by atoms with Crippen molar-refractivity contribution in [3.8, 4) is 17.3 Å². The number of aromatic hydroxyl groups is 1. The number of para-hydroxylation sites is 1. The molecule has 0 bridgehead atoms. The number of halogens is 3. The highest BCUT2D eigenvalue weighted by molar-refractivity contribution is 6.02. The number of hydrogen-bond donors (Lipinski definition) is 2. The average Bonchev–Trinajstić information content (AvgIpc) is 3.03. The minimum absolute atomic E-state index is 0.0225. The summed E-state index contributed by atoms with van der Waals surface area (Å²) in [6.45, 7) is 1.55. The Hall–Kier alpha value is -4.54. The minimum atomic E-state index is -4.85. The number of benzene rings is 2. The number of carbonyl (C=O) groups is 1. The predicted octanol–water partition coefficient (Wildman–Crippen LogP) is 4.25. The van der Waals surface area contributed by atoms with Gasteiger partial charge in [-0.25, -0.2) is 9.36 Å². The largest absolute Gasteiger partial charge is 0.573 e. The van der Waals surface area contributed by atoms with Gasteiger partial charge in [0.05, 0.1) is 17.9 Å². The van der Waals surface area contributed by atoms with Crippen LogP contribution >= 0.6 is 0 Å². The van der Waals surface area contributed by atoms with E-state index in [1.807, 2.05) is 6.07 Å². The fraction of sp³-hybridized carbons (Fsp3) is 0.125. The highest BCUT2D eigenvalue weighted by Gasteiger charge is 2.31. The maximum atomic E-state index is 13.0. The van der Waals surface area contributed by atoms with Crippen LogP contribution in [-0.2, 0) is 6.54 Å². The molecule has 2 heterocycles. The second kappa shape index (κ2) is 9.37. The minimum Gasteiger partial charge on any atom is -0.493 e. The lowest BCUT2D eigenvalue weighted by Crippen LogP contribution is -2.24. The normalized spacial score (nSPS) is 11.3. The van der Waals surface area contributed by atoms with E-state index in [1.54, 1.807) is 30.3 Å². The number of imidazole rings is 1. The van der Waals surface area contributed by atoms with E-state index in [0.29, 0.717) is 11.3 Å². The van der Waals surface area contributed by atoms with Crippen LogP contribution in [0.4, 0.5) is 18.9 Å². The number of amides is 1. The third-order valence-corrected chi connectivity index (χ3v) is 5.12. The van der Waals surface area contributed by atoms with Crippen molar-refractivity contribution in [2.75, 3.05) is 5.32 Å². The van der Waals surface area contributed by atoms with E-state index in [2.05, 4.69) is 15.0 Å². The fourth-order valence-electron chi connectivity index (χ4n) is 3.45. The standard InChI is InChI=1S/C24H19F3N4O4/c1-15-22(33)31(18-7-9-19(10-8-18)35-24(25,26)27)23(34)30(15)14-16-11-12-28-20(13-16)21(32)29-17-5-3-2-4-6-17/h2-13,33H,14H2,1H3,(H,29,32). The van der Waals surface area contributed by atoms with E-state index in [4.69, 9.17) is 0 Å². The van der Waals surface area contributed by atoms with Gasteiger partial charge < -0.3 is 15.2 Å². The molecule has 0 saturated heterocycles. The molecule has 4 rings (SSSR count). The van der Waals surface area contributed by atoms with Crippen LogP contribution in [0.1, 0.15) is 21.7 Å². The number of anilines is 1. The summed E-state index contributed by atoms with van der Waals surface area (Å²) in [5, 5.41) is 13.3. The second-order valence-electron chi connectivity index (χ2n) is 7.52. The van der Waals surface area contributed by atoms with Crippen LogP contribution in [0.3, 0.4) is 0 Å². The smallest absolute Gasteiger partial charge is 0.493 e. The van der Waals surface area contributed by atoms with E-state index in [-0.39, 0.29) is 29.5 Å². The third kappa shape index (κ3) is 5.35. The molecule has 180 valence electrons. The molecule has 2 aromatic carbocycles. The zero-order valence-electron chi connectivity index (χ0n) is 18.3. The molecular formula is C24H19F3N4O4. The van der Waals surface area contributed by atoms with E-state index in [0.717, 1.165) is 16.7 Å². The number of alkyl halides is 3. The van der Waals surface area contributed by atoms with Crippen molar-refractivity contribution in [3.63, 3.8) is 0 Å². The van der Waals surface area contributed by atoms with Gasteiger partial charge in [-0.2, -0.15) is 0 Å². The maximum absolute atomic E-state index is 13.0. The van der Waals surface area contributed by atoms with Gasteiger partial charge in [0, 0.05) is 11.9 Å². The van der Waals surface area contributed by atoms with Gasteiger partial charge >= 0.3 is 12.1 Å². The molecule has 0 atom stereocenters. The number of rotatable bonds is 6. The molecule has 0 spiro atoms. The molecule has 1 amide bonds. The highest BCUT2D eigenvalue weighted by Crippen LogP contribution is 2.26. The molecule has 4 aromatic rings. The van der Waals surface area contributed by atoms with E-state index in [9.17, 15) is 27.9 Å². The maximum Gasteiger partial charge on any atom is 0.573 e. The van der Waals surface area contributed by atoms with Gasteiger partial charge in [0.1, 0.15) is 11.4 Å². The molecule has 0 aliphatic heterocycles. The molecule has 0 aliphatic carbocycles. The molecule has 35 heavy (non-hydrogen) atoms. The number of carbonyl (C=O) groups excluding carboxylic acids is 1. The number of nitrogens with one attached hydrogen (secondary N) is 1. The summed E-state index contributed by atoms with van der Waals surface area (Å²) in [5.41, 5.74) is 1.09. The van der Waals surface area contributed by atoms with Crippen LogP contribution in [0, 0.1) is 6.92 Å². The lowest BCUT2D eigenvalue weighted by Gasteiger charge is -2.09. The molecule has 0 aliphatic rings. The van der Waals surface area contributed by atoms with Gasteiger partial charge in [-0.15, -0.1) is 13.2 Å². The number of hydrogen-bond acceptors (Lipinski definition) is 5. The zero-order chi connectivity index (χ0) is 25.2. The molecule has 11 heteroatoms. The first kappa shape index (κ1) is 23.6. The number of pyridine rings is 1. The number of nitrogens with zero attached hydrogens (tertiary/aromatic N) is 3. The summed E-state index contributed by atoms with van der Waals surface area (Å²) >= 11 is 0. The van der Waals surface area contributed by atoms with Crippen LogP contribution in [0.25, 0.3) is 5.69 Å². The first-order valence-electron chi connectivity index (χ1n) is 10.3. The summed E-state index contributed by atoms with van der Waals surface area (Å²) < 4.78 is 43.3. The van der Waals surface area contributed by atoms with Crippen LogP contribution in [0.5, 0.6) is 11.6 Å². The number of aromatic nitrogens is 3. The molecule has 2 aromatic heterocycles. The number of ether oxygens (including phenoxy) is 1. The SMILES string of the molecule is Cc1c(O)n(-c2ccc(OC(F)(F)F)cc2)c(=O)n1Cc1ccnc(C(=O)Nc2ccccc2)c1. The van der Waals surface area contributed by atoms with Crippen molar-refractivity contribution in [3.05, 3.63) is 100 Å². The predicted molar refractivity (Wildman–Crippen MR) is 121 cm³/mol. The van der Waals surface area contributed by atoms with E-state index in [1.165, 1.54) is 35.9 Å². The first-order valence-corrected chi connectivity index (χ1v) is 10.3. The molecule has 8 nitrogen and oxygen atoms in total. The van der Waals surface area contributed by atoms with Crippen LogP contribution < -0.4 is 15.7 Å². The average molecular weight is 484 g/mol. The van der Waals surface area contributed by atoms with E-state index >= 15 is 0 Å². The van der Waals surface area contributed by atoms with Gasteiger partial charge in [0.25, 0.3) is 5.91 Å². The van der Waals surface area contributed by atoms with Crippen LogP contribution in [0.2, 0.25) is 0 Å². The Morgan fingerprint density at radius 3 is 2.43 bits per heavy atom. The van der Waals surface area contributed by atoms with Crippen molar-refractivity contribution in [2.45, 2.75) is 19.8 Å². The topological polar surface area (TPSA) is 98.4 Å². The fourth-order valence-corrected chi connectivity index (χ4v) is 3.45. The van der Waals surface area contributed by atoms with Crippen molar-refractivity contribution in [1.82, 2.24) is 14.1 Å². The Bertz CT molecular complexity index is 1410. The Morgan fingerprint density at radius 1 is 1.09 bits per heavy atom. The van der Waals surface area contributed by atoms with Gasteiger partial charge in [0.2, 0.25) is 5.88 Å². The summed E-state index contributed by atoms with van der Waals surface area (Å²) in [6, 6.07) is 16.5. The third-order valence-electron chi connectivity index (χ3n) is 5.12. The Labute approximate surface area is 196 Å². The molecule has 0 fully saturated rings. The molecule has 2 N–H and O–H groups in total. The van der Waals surface area contributed by atoms with Crippen LogP contribution in [0.15, 0.2) is 77.7 Å². The van der Waals surface area contributed by atoms with Crippen molar-refractivity contribution < 1.29 is 27.8 Å². The Morgan fingerprint density at radius 2 is 1.77 bits per heavy atom. The monoisotopic (exact) mass is 484 g/mol. The highest BCUT2D eigenvalue weighted by atomic mass is 19.4. The van der Waals surface area contributed by atoms with Crippen molar-refractivity contribution in [2.24, 2.45) is 0 Å². The molecule has 0 saturated carbocycles. The quantitative estimate of drug-likeness (QED) is 0.427. The van der Waals surface area contributed by atoms with Crippen molar-refractivity contribution in [1.29, 1.82) is 0 Å². The molecule has 0 radical (unpaired) electrons.